The highest BCUT2D eigenvalue weighted by Gasteiger charge is 2.06. The minimum atomic E-state index is 0.577. The first-order valence-electron chi connectivity index (χ1n) is 7.84. The van der Waals surface area contributed by atoms with Crippen molar-refractivity contribution in [2.45, 2.75) is 33.7 Å². The smallest absolute Gasteiger partial charge is 0.191 e. The number of nitrogens with zero attached hydrogens (tertiary/aromatic N) is 1. The highest BCUT2D eigenvalue weighted by Crippen LogP contribution is 2.28. The van der Waals surface area contributed by atoms with E-state index < -0.39 is 0 Å². The molecule has 124 valence electrons. The molecule has 0 spiro atoms. The summed E-state index contributed by atoms with van der Waals surface area (Å²) >= 11 is 0. The zero-order valence-corrected chi connectivity index (χ0v) is 14.4. The molecule has 0 saturated heterocycles. The molecule has 1 rings (SSSR count). The molecule has 0 aromatic heterocycles. The summed E-state index contributed by atoms with van der Waals surface area (Å²) in [6.07, 6.45) is 0.976. The van der Waals surface area contributed by atoms with Crippen LogP contribution in [0.3, 0.4) is 0 Å². The second-order valence-corrected chi connectivity index (χ2v) is 5.53. The quantitative estimate of drug-likeness (QED) is 0.573. The average molecular weight is 307 g/mol. The molecule has 0 atom stereocenters. The fourth-order valence-corrected chi connectivity index (χ4v) is 1.86. The van der Waals surface area contributed by atoms with E-state index in [9.17, 15) is 0 Å². The Morgan fingerprint density at radius 1 is 1.23 bits per heavy atom. The van der Waals surface area contributed by atoms with E-state index >= 15 is 0 Å². The van der Waals surface area contributed by atoms with Crippen molar-refractivity contribution in [3.63, 3.8) is 0 Å². The van der Waals surface area contributed by atoms with Gasteiger partial charge in [0, 0.05) is 20.1 Å². The Morgan fingerprint density at radius 3 is 2.59 bits per heavy atom. The fourth-order valence-electron chi connectivity index (χ4n) is 1.86. The van der Waals surface area contributed by atoms with Crippen molar-refractivity contribution in [2.75, 3.05) is 27.3 Å². The number of rotatable bonds is 8. The first kappa shape index (κ1) is 18.1. The van der Waals surface area contributed by atoms with Gasteiger partial charge >= 0.3 is 0 Å². The zero-order chi connectivity index (χ0) is 16.4. The minimum absolute atomic E-state index is 0.577. The van der Waals surface area contributed by atoms with Gasteiger partial charge in [0.15, 0.2) is 17.5 Å². The van der Waals surface area contributed by atoms with Crippen LogP contribution in [0.25, 0.3) is 0 Å². The summed E-state index contributed by atoms with van der Waals surface area (Å²) < 4.78 is 11.1. The van der Waals surface area contributed by atoms with Crippen LogP contribution in [-0.4, -0.2) is 33.3 Å². The first-order chi connectivity index (χ1) is 10.6. The molecular formula is C17H29N3O2. The largest absolute Gasteiger partial charge is 0.493 e. The molecular weight excluding hydrogens is 278 g/mol. The lowest BCUT2D eigenvalue weighted by Crippen LogP contribution is -2.38. The van der Waals surface area contributed by atoms with E-state index in [2.05, 4.69) is 36.4 Å². The normalized spacial score (nSPS) is 11.5. The van der Waals surface area contributed by atoms with Gasteiger partial charge in [0.25, 0.3) is 0 Å². The standard InChI is InChI=1S/C17H29N3O2/c1-6-9-22-15-8-7-14(10-16(15)21-5)12-20-17(18-4)19-11-13(2)3/h7-8,10,13H,6,9,11-12H2,1-5H3,(H2,18,19,20). The third-order valence-electron chi connectivity index (χ3n) is 3.05. The van der Waals surface area contributed by atoms with Crippen LogP contribution >= 0.6 is 0 Å². The van der Waals surface area contributed by atoms with Crippen LogP contribution in [0.4, 0.5) is 0 Å². The Hall–Kier alpha value is -1.91. The average Bonchev–Trinajstić information content (AvgIpc) is 2.53. The summed E-state index contributed by atoms with van der Waals surface area (Å²) in [5.74, 6) is 2.93. The molecule has 0 aliphatic rings. The Bertz CT molecular complexity index is 473. The van der Waals surface area contributed by atoms with Crippen molar-refractivity contribution >= 4 is 5.96 Å². The molecule has 0 aliphatic carbocycles. The topological polar surface area (TPSA) is 54.9 Å². The number of aliphatic imine (C=N–C) groups is 1. The Kier molecular flexibility index (Phi) is 8.18. The number of guanidine groups is 1. The molecule has 22 heavy (non-hydrogen) atoms. The van der Waals surface area contributed by atoms with E-state index in [0.29, 0.717) is 19.1 Å². The van der Waals surface area contributed by atoms with Gasteiger partial charge in [-0.1, -0.05) is 26.8 Å². The Balaban J connectivity index is 2.61. The van der Waals surface area contributed by atoms with Crippen molar-refractivity contribution in [2.24, 2.45) is 10.9 Å². The van der Waals surface area contributed by atoms with Crippen molar-refractivity contribution in [1.82, 2.24) is 10.6 Å². The molecule has 1 aromatic rings. The summed E-state index contributed by atoms with van der Waals surface area (Å²) in [5, 5.41) is 6.59. The van der Waals surface area contributed by atoms with Crippen LogP contribution in [0, 0.1) is 5.92 Å². The molecule has 0 bridgehead atoms. The maximum atomic E-state index is 5.66. The van der Waals surface area contributed by atoms with E-state index in [4.69, 9.17) is 9.47 Å². The third-order valence-corrected chi connectivity index (χ3v) is 3.05. The number of benzene rings is 1. The lowest BCUT2D eigenvalue weighted by Gasteiger charge is -2.15. The van der Waals surface area contributed by atoms with E-state index in [1.54, 1.807) is 14.2 Å². The number of methoxy groups -OCH3 is 1. The summed E-state index contributed by atoms with van der Waals surface area (Å²) in [5.41, 5.74) is 1.12. The van der Waals surface area contributed by atoms with Crippen molar-refractivity contribution in [1.29, 1.82) is 0 Å². The van der Waals surface area contributed by atoms with Gasteiger partial charge in [-0.25, -0.2) is 0 Å². The summed E-state index contributed by atoms with van der Waals surface area (Å²) in [4.78, 5) is 4.21. The monoisotopic (exact) mass is 307 g/mol. The van der Waals surface area contributed by atoms with Gasteiger partial charge in [-0.15, -0.1) is 0 Å². The fraction of sp³-hybridized carbons (Fsp3) is 0.588. The third kappa shape index (κ3) is 6.24. The molecule has 5 nitrogen and oxygen atoms in total. The lowest BCUT2D eigenvalue weighted by atomic mass is 10.2. The van der Waals surface area contributed by atoms with Gasteiger partial charge in [-0.3, -0.25) is 4.99 Å². The van der Waals surface area contributed by atoms with E-state index in [0.717, 1.165) is 36.0 Å². The van der Waals surface area contributed by atoms with E-state index in [1.807, 2.05) is 18.2 Å². The number of nitrogens with one attached hydrogen (secondary N) is 2. The van der Waals surface area contributed by atoms with Gasteiger partial charge < -0.3 is 20.1 Å². The van der Waals surface area contributed by atoms with Gasteiger partial charge in [-0.05, 0) is 30.0 Å². The predicted molar refractivity (Wildman–Crippen MR) is 91.8 cm³/mol. The Labute approximate surface area is 134 Å². The molecule has 0 unspecified atom stereocenters. The zero-order valence-electron chi connectivity index (χ0n) is 14.4. The molecule has 2 N–H and O–H groups in total. The second kappa shape index (κ2) is 9.92. The van der Waals surface area contributed by atoms with Crippen LogP contribution in [0.15, 0.2) is 23.2 Å². The second-order valence-electron chi connectivity index (χ2n) is 5.53. The van der Waals surface area contributed by atoms with Crippen LogP contribution in [0.1, 0.15) is 32.8 Å². The molecule has 0 aliphatic heterocycles. The number of ether oxygens (including phenoxy) is 2. The summed E-state index contributed by atoms with van der Waals surface area (Å²) in [7, 11) is 3.44. The van der Waals surface area contributed by atoms with Crippen molar-refractivity contribution in [3.05, 3.63) is 23.8 Å². The molecule has 0 heterocycles. The highest BCUT2D eigenvalue weighted by molar-refractivity contribution is 5.79. The highest BCUT2D eigenvalue weighted by atomic mass is 16.5. The molecule has 1 aromatic carbocycles. The molecule has 0 fully saturated rings. The number of hydrogen-bond acceptors (Lipinski definition) is 3. The van der Waals surface area contributed by atoms with Crippen LogP contribution in [0.5, 0.6) is 11.5 Å². The van der Waals surface area contributed by atoms with Crippen LogP contribution in [0.2, 0.25) is 0 Å². The van der Waals surface area contributed by atoms with Gasteiger partial charge in [0.2, 0.25) is 0 Å². The maximum absolute atomic E-state index is 5.66. The molecule has 0 radical (unpaired) electrons. The van der Waals surface area contributed by atoms with Gasteiger partial charge in [-0.2, -0.15) is 0 Å². The SMILES string of the molecule is CCCOc1ccc(CNC(=NC)NCC(C)C)cc1OC. The molecule has 5 heteroatoms. The maximum Gasteiger partial charge on any atom is 0.191 e. The predicted octanol–water partition coefficient (Wildman–Crippen LogP) is 2.81. The van der Waals surface area contributed by atoms with E-state index in [-0.39, 0.29) is 0 Å². The van der Waals surface area contributed by atoms with Crippen molar-refractivity contribution < 1.29 is 9.47 Å². The Morgan fingerprint density at radius 2 is 2.00 bits per heavy atom. The molecule has 0 amide bonds. The lowest BCUT2D eigenvalue weighted by molar-refractivity contribution is 0.294. The summed E-state index contributed by atoms with van der Waals surface area (Å²) in [6, 6.07) is 5.99. The molecule has 0 saturated carbocycles. The number of hydrogen-bond donors (Lipinski definition) is 2. The van der Waals surface area contributed by atoms with E-state index in [1.165, 1.54) is 0 Å². The van der Waals surface area contributed by atoms with Crippen LogP contribution < -0.4 is 20.1 Å². The van der Waals surface area contributed by atoms with Crippen LogP contribution in [-0.2, 0) is 6.54 Å². The minimum Gasteiger partial charge on any atom is -0.493 e. The van der Waals surface area contributed by atoms with Crippen molar-refractivity contribution in [3.8, 4) is 11.5 Å². The summed E-state index contributed by atoms with van der Waals surface area (Å²) in [6.45, 7) is 8.69. The van der Waals surface area contributed by atoms with Gasteiger partial charge in [0.1, 0.15) is 0 Å². The first-order valence-corrected chi connectivity index (χ1v) is 7.84. The van der Waals surface area contributed by atoms with Gasteiger partial charge in [0.05, 0.1) is 13.7 Å².